The predicted octanol–water partition coefficient (Wildman–Crippen LogP) is 3.21. The van der Waals surface area contributed by atoms with Gasteiger partial charge in [0.1, 0.15) is 17.6 Å². The molecule has 0 radical (unpaired) electrons. The summed E-state index contributed by atoms with van der Waals surface area (Å²) in [7, 11) is 1.69. The molecule has 5 heteroatoms. The van der Waals surface area contributed by atoms with E-state index in [1.54, 1.807) is 25.4 Å². The summed E-state index contributed by atoms with van der Waals surface area (Å²) >= 11 is 0. The average molecular weight is 322 g/mol. The Balaban J connectivity index is 1.81. The summed E-state index contributed by atoms with van der Waals surface area (Å²) in [4.78, 5) is 6.78. The molecule has 0 bridgehead atoms. The Kier molecular flexibility index (Phi) is 5.29. The van der Waals surface area contributed by atoms with Gasteiger partial charge in [0.05, 0.1) is 18.7 Å². The number of nitrogens with zero attached hydrogens (tertiary/aromatic N) is 3. The Hall–Kier alpha value is -2.58. The molecule has 1 aliphatic heterocycles. The van der Waals surface area contributed by atoms with Gasteiger partial charge in [0.25, 0.3) is 0 Å². The van der Waals surface area contributed by atoms with Crippen molar-refractivity contribution in [1.29, 1.82) is 5.26 Å². The Morgan fingerprint density at radius 2 is 2.12 bits per heavy atom. The molecular formula is C19H22N4O. The number of rotatable bonds is 6. The normalized spacial score (nSPS) is 15.7. The lowest BCUT2D eigenvalue weighted by Gasteiger charge is -2.28. The van der Waals surface area contributed by atoms with Crippen molar-refractivity contribution >= 4 is 5.82 Å². The summed E-state index contributed by atoms with van der Waals surface area (Å²) in [5.41, 5.74) is 1.79. The first-order valence-electron chi connectivity index (χ1n) is 8.29. The molecule has 2 aromatic rings. The lowest BCUT2D eigenvalue weighted by atomic mass is 10.0. The molecular weight excluding hydrogens is 300 g/mol. The number of methoxy groups -OCH3 is 1. The van der Waals surface area contributed by atoms with Crippen LogP contribution in [0.4, 0.5) is 5.82 Å². The van der Waals surface area contributed by atoms with Gasteiger partial charge < -0.3 is 10.1 Å². The van der Waals surface area contributed by atoms with Gasteiger partial charge in [-0.25, -0.2) is 4.98 Å². The Bertz CT molecular complexity index is 719. The van der Waals surface area contributed by atoms with E-state index in [-0.39, 0.29) is 6.04 Å². The Labute approximate surface area is 142 Å². The third-order valence-corrected chi connectivity index (χ3v) is 4.45. The van der Waals surface area contributed by atoms with Crippen LogP contribution in [0.3, 0.4) is 0 Å². The van der Waals surface area contributed by atoms with E-state index in [9.17, 15) is 5.26 Å². The molecule has 2 heterocycles. The number of nitrogens with one attached hydrogen (secondary N) is 1. The van der Waals surface area contributed by atoms with Crippen LogP contribution in [0.5, 0.6) is 5.75 Å². The molecule has 1 aromatic carbocycles. The van der Waals surface area contributed by atoms with Crippen molar-refractivity contribution in [3.8, 4) is 11.8 Å². The van der Waals surface area contributed by atoms with Gasteiger partial charge in [-0.1, -0.05) is 12.1 Å². The third-order valence-electron chi connectivity index (χ3n) is 4.45. The highest BCUT2D eigenvalue weighted by Crippen LogP contribution is 2.28. The van der Waals surface area contributed by atoms with E-state index in [0.717, 1.165) is 18.8 Å². The van der Waals surface area contributed by atoms with Crippen LogP contribution >= 0.6 is 0 Å². The molecule has 0 amide bonds. The largest absolute Gasteiger partial charge is 0.497 e. The minimum Gasteiger partial charge on any atom is -0.497 e. The summed E-state index contributed by atoms with van der Waals surface area (Å²) in [6.45, 7) is 2.90. The van der Waals surface area contributed by atoms with Crippen molar-refractivity contribution in [2.24, 2.45) is 0 Å². The number of benzene rings is 1. The number of hydrogen-bond donors (Lipinski definition) is 1. The summed E-state index contributed by atoms with van der Waals surface area (Å²) < 4.78 is 5.37. The fourth-order valence-corrected chi connectivity index (χ4v) is 3.19. The monoisotopic (exact) mass is 322 g/mol. The van der Waals surface area contributed by atoms with Crippen LogP contribution in [-0.4, -0.2) is 36.6 Å². The number of pyridine rings is 1. The van der Waals surface area contributed by atoms with Gasteiger partial charge in [-0.3, -0.25) is 4.90 Å². The molecule has 1 fully saturated rings. The van der Waals surface area contributed by atoms with Crippen LogP contribution in [-0.2, 0) is 0 Å². The van der Waals surface area contributed by atoms with Gasteiger partial charge in [0, 0.05) is 12.7 Å². The summed E-state index contributed by atoms with van der Waals surface area (Å²) in [5, 5.41) is 12.6. The standard InChI is InChI=1S/C19H22N4O/c1-24-17-8-4-6-15(12-17)18(23-10-2-3-11-23)14-22-19-16(13-20)7-5-9-21-19/h4-9,12,18H,2-3,10-11,14H2,1H3,(H,21,22)/t18-/m0/s1. The van der Waals surface area contributed by atoms with Crippen molar-refractivity contribution in [3.63, 3.8) is 0 Å². The molecule has 5 nitrogen and oxygen atoms in total. The number of hydrogen-bond acceptors (Lipinski definition) is 5. The molecule has 1 N–H and O–H groups in total. The van der Waals surface area contributed by atoms with Crippen molar-refractivity contribution in [3.05, 3.63) is 53.7 Å². The van der Waals surface area contributed by atoms with Crippen LogP contribution in [0.1, 0.15) is 30.0 Å². The maximum Gasteiger partial charge on any atom is 0.143 e. The van der Waals surface area contributed by atoms with E-state index in [4.69, 9.17) is 4.74 Å². The topological polar surface area (TPSA) is 61.2 Å². The molecule has 0 unspecified atom stereocenters. The summed E-state index contributed by atoms with van der Waals surface area (Å²) in [6.07, 6.45) is 4.17. The number of aromatic nitrogens is 1. The summed E-state index contributed by atoms with van der Waals surface area (Å²) in [5.74, 6) is 1.51. The van der Waals surface area contributed by atoms with Gasteiger partial charge >= 0.3 is 0 Å². The lowest BCUT2D eigenvalue weighted by molar-refractivity contribution is 0.255. The first-order chi connectivity index (χ1) is 11.8. The zero-order valence-corrected chi connectivity index (χ0v) is 13.9. The zero-order valence-electron chi connectivity index (χ0n) is 13.9. The quantitative estimate of drug-likeness (QED) is 0.885. The van der Waals surface area contributed by atoms with E-state index in [1.165, 1.54) is 18.4 Å². The highest BCUT2D eigenvalue weighted by molar-refractivity contribution is 5.51. The van der Waals surface area contributed by atoms with Crippen LogP contribution in [0.2, 0.25) is 0 Å². The Morgan fingerprint density at radius 1 is 1.29 bits per heavy atom. The molecule has 0 saturated carbocycles. The minimum atomic E-state index is 0.233. The van der Waals surface area contributed by atoms with Gasteiger partial charge in [-0.05, 0) is 55.8 Å². The molecule has 1 atom stereocenters. The maximum absolute atomic E-state index is 9.22. The van der Waals surface area contributed by atoms with Crippen molar-refractivity contribution in [1.82, 2.24) is 9.88 Å². The zero-order chi connectivity index (χ0) is 16.8. The number of nitriles is 1. The van der Waals surface area contributed by atoms with Gasteiger partial charge in [0.2, 0.25) is 0 Å². The second-order valence-electron chi connectivity index (χ2n) is 5.93. The molecule has 24 heavy (non-hydrogen) atoms. The molecule has 1 saturated heterocycles. The third kappa shape index (κ3) is 3.66. The highest BCUT2D eigenvalue weighted by atomic mass is 16.5. The Morgan fingerprint density at radius 3 is 2.88 bits per heavy atom. The molecule has 1 aromatic heterocycles. The fourth-order valence-electron chi connectivity index (χ4n) is 3.19. The highest BCUT2D eigenvalue weighted by Gasteiger charge is 2.24. The van der Waals surface area contributed by atoms with E-state index in [2.05, 4.69) is 33.4 Å². The minimum absolute atomic E-state index is 0.233. The predicted molar refractivity (Wildman–Crippen MR) is 94.0 cm³/mol. The van der Waals surface area contributed by atoms with E-state index >= 15 is 0 Å². The number of likely N-dealkylation sites (tertiary alicyclic amines) is 1. The van der Waals surface area contributed by atoms with E-state index in [0.29, 0.717) is 17.9 Å². The molecule has 1 aliphatic rings. The van der Waals surface area contributed by atoms with Gasteiger partial charge in [-0.2, -0.15) is 5.26 Å². The number of anilines is 1. The van der Waals surface area contributed by atoms with Crippen molar-refractivity contribution < 1.29 is 4.74 Å². The maximum atomic E-state index is 9.22. The molecule has 0 spiro atoms. The molecule has 3 rings (SSSR count). The average Bonchev–Trinajstić information content (AvgIpc) is 3.17. The SMILES string of the molecule is COc1cccc([C@H](CNc2ncccc2C#N)N2CCCC2)c1. The van der Waals surface area contributed by atoms with Crippen LogP contribution in [0.25, 0.3) is 0 Å². The van der Waals surface area contributed by atoms with E-state index in [1.807, 2.05) is 12.1 Å². The van der Waals surface area contributed by atoms with Crippen LogP contribution in [0.15, 0.2) is 42.6 Å². The first-order valence-corrected chi connectivity index (χ1v) is 8.29. The first kappa shape index (κ1) is 16.3. The molecule has 124 valence electrons. The van der Waals surface area contributed by atoms with Crippen molar-refractivity contribution in [2.75, 3.05) is 32.1 Å². The van der Waals surface area contributed by atoms with E-state index < -0.39 is 0 Å². The summed E-state index contributed by atoms with van der Waals surface area (Å²) in [6, 6.07) is 14.2. The van der Waals surface area contributed by atoms with Gasteiger partial charge in [0.15, 0.2) is 0 Å². The molecule has 0 aliphatic carbocycles. The van der Waals surface area contributed by atoms with Crippen LogP contribution in [0, 0.1) is 11.3 Å². The second kappa shape index (κ2) is 7.80. The number of ether oxygens (including phenoxy) is 1. The second-order valence-corrected chi connectivity index (χ2v) is 5.93. The lowest BCUT2D eigenvalue weighted by Crippen LogP contribution is -2.31. The smallest absolute Gasteiger partial charge is 0.143 e. The van der Waals surface area contributed by atoms with Crippen molar-refractivity contribution in [2.45, 2.75) is 18.9 Å². The van der Waals surface area contributed by atoms with Crippen LogP contribution < -0.4 is 10.1 Å². The van der Waals surface area contributed by atoms with Gasteiger partial charge in [-0.15, -0.1) is 0 Å². The fraction of sp³-hybridized carbons (Fsp3) is 0.368.